The van der Waals surface area contributed by atoms with Crippen molar-refractivity contribution in [2.24, 2.45) is 11.3 Å². The van der Waals surface area contributed by atoms with Crippen LogP contribution in [0.5, 0.6) is 0 Å². The van der Waals surface area contributed by atoms with E-state index in [-0.39, 0.29) is 17.4 Å². The topological polar surface area (TPSA) is 26.3 Å². The summed E-state index contributed by atoms with van der Waals surface area (Å²) in [6.07, 6.45) is 1.06. The van der Waals surface area contributed by atoms with Crippen molar-refractivity contribution in [1.29, 1.82) is 0 Å². The smallest absolute Gasteiger partial charge is 0.146 e. The van der Waals surface area contributed by atoms with Crippen molar-refractivity contribution in [3.05, 3.63) is 0 Å². The van der Waals surface area contributed by atoms with Gasteiger partial charge in [0.15, 0.2) is 0 Å². The molecule has 12 heavy (non-hydrogen) atoms. The second-order valence-electron chi connectivity index (χ2n) is 3.98. The lowest BCUT2D eigenvalue weighted by Gasteiger charge is -2.48. The molecule has 0 aromatic carbocycles. The number of rotatable bonds is 3. The number of hydrogen-bond donors (Lipinski definition) is 0. The van der Waals surface area contributed by atoms with Crippen LogP contribution in [0.3, 0.4) is 0 Å². The molecule has 0 unspecified atom stereocenters. The van der Waals surface area contributed by atoms with Gasteiger partial charge < -0.3 is 4.74 Å². The molecule has 2 heteroatoms. The van der Waals surface area contributed by atoms with Crippen LogP contribution in [-0.4, -0.2) is 18.5 Å². The summed E-state index contributed by atoms with van der Waals surface area (Å²) in [5.74, 6) is 0.517. The number of hydrogen-bond acceptors (Lipinski definition) is 2. The van der Waals surface area contributed by atoms with Gasteiger partial charge >= 0.3 is 0 Å². The SMILES string of the molecule is CCO[C@@H]1[C@H](CC)C(=O)C1(C)C. The van der Waals surface area contributed by atoms with E-state index in [1.807, 2.05) is 27.7 Å². The average Bonchev–Trinajstić information content (AvgIpc) is 2.04. The molecule has 0 saturated heterocycles. The van der Waals surface area contributed by atoms with Crippen LogP contribution in [0.4, 0.5) is 0 Å². The summed E-state index contributed by atoms with van der Waals surface area (Å²) in [5.41, 5.74) is -0.239. The Balaban J connectivity index is 2.64. The van der Waals surface area contributed by atoms with E-state index in [4.69, 9.17) is 4.74 Å². The van der Waals surface area contributed by atoms with Crippen molar-refractivity contribution in [2.75, 3.05) is 6.61 Å². The van der Waals surface area contributed by atoms with Gasteiger partial charge in [0.05, 0.1) is 11.5 Å². The molecule has 70 valence electrons. The molecule has 0 amide bonds. The van der Waals surface area contributed by atoms with Crippen LogP contribution in [0.15, 0.2) is 0 Å². The Hall–Kier alpha value is -0.370. The van der Waals surface area contributed by atoms with Gasteiger partial charge in [-0.1, -0.05) is 20.8 Å². The molecular formula is C10H18O2. The lowest BCUT2D eigenvalue weighted by Crippen LogP contribution is -2.59. The van der Waals surface area contributed by atoms with Crippen molar-refractivity contribution in [3.63, 3.8) is 0 Å². The third-order valence-corrected chi connectivity index (χ3v) is 2.83. The number of carbonyl (C=O) groups is 1. The minimum Gasteiger partial charge on any atom is -0.377 e. The fraction of sp³-hybridized carbons (Fsp3) is 0.900. The van der Waals surface area contributed by atoms with Gasteiger partial charge in [-0.15, -0.1) is 0 Å². The fourth-order valence-corrected chi connectivity index (χ4v) is 2.07. The van der Waals surface area contributed by atoms with E-state index in [0.29, 0.717) is 12.4 Å². The Labute approximate surface area is 74.3 Å². The molecular weight excluding hydrogens is 152 g/mol. The van der Waals surface area contributed by atoms with Crippen LogP contribution in [-0.2, 0) is 9.53 Å². The third-order valence-electron chi connectivity index (χ3n) is 2.83. The highest BCUT2D eigenvalue weighted by atomic mass is 16.5. The largest absolute Gasteiger partial charge is 0.377 e. The Morgan fingerprint density at radius 1 is 1.42 bits per heavy atom. The van der Waals surface area contributed by atoms with Gasteiger partial charge in [-0.05, 0) is 13.3 Å². The van der Waals surface area contributed by atoms with Crippen molar-refractivity contribution in [2.45, 2.75) is 40.2 Å². The van der Waals surface area contributed by atoms with E-state index < -0.39 is 0 Å². The van der Waals surface area contributed by atoms with Crippen LogP contribution < -0.4 is 0 Å². The van der Waals surface area contributed by atoms with Crippen molar-refractivity contribution < 1.29 is 9.53 Å². The molecule has 2 nitrogen and oxygen atoms in total. The van der Waals surface area contributed by atoms with E-state index in [2.05, 4.69) is 0 Å². The first kappa shape index (κ1) is 9.72. The second kappa shape index (κ2) is 3.17. The zero-order valence-electron chi connectivity index (χ0n) is 8.39. The van der Waals surface area contributed by atoms with Gasteiger partial charge in [-0.3, -0.25) is 4.79 Å². The summed E-state index contributed by atoms with van der Waals surface area (Å²) in [6, 6.07) is 0. The lowest BCUT2D eigenvalue weighted by molar-refractivity contribution is -0.174. The molecule has 1 rings (SSSR count). The fourth-order valence-electron chi connectivity index (χ4n) is 2.07. The van der Waals surface area contributed by atoms with E-state index in [0.717, 1.165) is 6.42 Å². The van der Waals surface area contributed by atoms with Gasteiger partial charge in [0.1, 0.15) is 5.78 Å². The van der Waals surface area contributed by atoms with Gasteiger partial charge in [0, 0.05) is 12.5 Å². The van der Waals surface area contributed by atoms with E-state index >= 15 is 0 Å². The maximum atomic E-state index is 11.5. The summed E-state index contributed by atoms with van der Waals surface area (Å²) in [7, 11) is 0. The van der Waals surface area contributed by atoms with E-state index in [1.54, 1.807) is 0 Å². The first-order valence-electron chi connectivity index (χ1n) is 4.71. The van der Waals surface area contributed by atoms with E-state index in [9.17, 15) is 4.79 Å². The highest BCUT2D eigenvalue weighted by molar-refractivity contribution is 5.94. The van der Waals surface area contributed by atoms with Crippen LogP contribution in [0.1, 0.15) is 34.1 Å². The van der Waals surface area contributed by atoms with Crippen LogP contribution in [0, 0.1) is 11.3 Å². The van der Waals surface area contributed by atoms with Crippen molar-refractivity contribution >= 4 is 5.78 Å². The predicted molar refractivity (Wildman–Crippen MR) is 48.0 cm³/mol. The van der Waals surface area contributed by atoms with Crippen molar-refractivity contribution in [3.8, 4) is 0 Å². The lowest BCUT2D eigenvalue weighted by atomic mass is 9.59. The molecule has 1 aliphatic carbocycles. The maximum Gasteiger partial charge on any atom is 0.146 e. The number of Topliss-reactive ketones (excluding diaryl/α,β-unsaturated/α-hetero) is 1. The molecule has 0 bridgehead atoms. The number of ketones is 1. The molecule has 1 saturated carbocycles. The highest BCUT2D eigenvalue weighted by Crippen LogP contribution is 2.44. The quantitative estimate of drug-likeness (QED) is 0.647. The second-order valence-corrected chi connectivity index (χ2v) is 3.98. The Morgan fingerprint density at radius 3 is 2.42 bits per heavy atom. The number of carbonyl (C=O) groups excluding carboxylic acids is 1. The summed E-state index contributed by atoms with van der Waals surface area (Å²) in [4.78, 5) is 11.5. The van der Waals surface area contributed by atoms with Gasteiger partial charge in [0.2, 0.25) is 0 Å². The zero-order chi connectivity index (χ0) is 9.35. The van der Waals surface area contributed by atoms with Crippen molar-refractivity contribution in [1.82, 2.24) is 0 Å². The van der Waals surface area contributed by atoms with Gasteiger partial charge in [-0.2, -0.15) is 0 Å². The molecule has 2 atom stereocenters. The maximum absolute atomic E-state index is 11.5. The summed E-state index contributed by atoms with van der Waals surface area (Å²) < 4.78 is 5.55. The Morgan fingerprint density at radius 2 is 2.00 bits per heavy atom. The normalized spacial score (nSPS) is 33.2. The minimum absolute atomic E-state index is 0.153. The minimum atomic E-state index is -0.239. The first-order valence-corrected chi connectivity index (χ1v) is 4.71. The molecule has 0 spiro atoms. The van der Waals surface area contributed by atoms with Crippen LogP contribution in [0.25, 0.3) is 0 Å². The van der Waals surface area contributed by atoms with E-state index in [1.165, 1.54) is 0 Å². The van der Waals surface area contributed by atoms with Gasteiger partial charge in [0.25, 0.3) is 0 Å². The Bertz CT molecular complexity index is 184. The molecule has 1 aliphatic rings. The number of ether oxygens (including phenoxy) is 1. The molecule has 0 radical (unpaired) electrons. The first-order chi connectivity index (χ1) is 5.55. The summed E-state index contributed by atoms with van der Waals surface area (Å²) in [5, 5.41) is 0. The standard InChI is InChI=1S/C10H18O2/c1-5-7-8(11)10(3,4)9(7)12-6-2/h7,9H,5-6H2,1-4H3/t7-,9-/m1/s1. The monoisotopic (exact) mass is 170 g/mol. The zero-order valence-corrected chi connectivity index (χ0v) is 8.39. The molecule has 0 N–H and O–H groups in total. The predicted octanol–water partition coefficient (Wildman–Crippen LogP) is 2.03. The summed E-state index contributed by atoms with van der Waals surface area (Å²) >= 11 is 0. The highest BCUT2D eigenvalue weighted by Gasteiger charge is 2.55. The average molecular weight is 170 g/mol. The molecule has 0 aromatic heterocycles. The summed E-state index contributed by atoms with van der Waals surface area (Å²) in [6.45, 7) is 8.68. The third kappa shape index (κ3) is 1.18. The van der Waals surface area contributed by atoms with Gasteiger partial charge in [-0.25, -0.2) is 0 Å². The molecule has 0 heterocycles. The molecule has 0 aliphatic heterocycles. The van der Waals surface area contributed by atoms with Crippen LogP contribution in [0.2, 0.25) is 0 Å². The van der Waals surface area contributed by atoms with Crippen LogP contribution >= 0.6 is 0 Å². The Kier molecular flexibility index (Phi) is 2.57. The molecule has 0 aromatic rings. The molecule has 1 fully saturated rings.